The molecule has 0 aromatic heterocycles. The molecule has 0 spiro atoms. The molecule has 3 atom stereocenters. The molecule has 0 bridgehead atoms. The van der Waals surface area contributed by atoms with Crippen LogP contribution in [-0.4, -0.2) is 66.8 Å². The molecule has 0 fully saturated rings. The van der Waals surface area contributed by atoms with Crippen molar-refractivity contribution in [2.75, 3.05) is 0 Å². The molecular formula is C83H124O9. The van der Waals surface area contributed by atoms with Crippen LogP contribution in [0.4, 0.5) is 0 Å². The first-order valence-electron chi connectivity index (χ1n) is 34.3. The molecule has 92 heavy (non-hydrogen) atoms. The molecule has 510 valence electrons. The van der Waals surface area contributed by atoms with Gasteiger partial charge in [0.2, 0.25) is 0 Å². The maximum Gasteiger partial charge on any atom is 0.185 e. The summed E-state index contributed by atoms with van der Waals surface area (Å²) in [5, 5.41) is 32.1. The highest BCUT2D eigenvalue weighted by molar-refractivity contribution is 6.23. The summed E-state index contributed by atoms with van der Waals surface area (Å²) in [6.45, 7) is 39.8. The lowest BCUT2D eigenvalue weighted by Gasteiger charge is -2.24. The molecule has 3 rings (SSSR count). The lowest BCUT2D eigenvalue weighted by Crippen LogP contribution is -2.26. The Labute approximate surface area is 559 Å². The zero-order chi connectivity index (χ0) is 69.9. The maximum atomic E-state index is 12.4. The van der Waals surface area contributed by atoms with Crippen molar-refractivity contribution in [2.24, 2.45) is 0 Å². The van der Waals surface area contributed by atoms with E-state index in [0.717, 1.165) is 96.3 Å². The van der Waals surface area contributed by atoms with E-state index in [2.05, 4.69) is 138 Å². The highest BCUT2D eigenvalue weighted by Gasteiger charge is 2.29. The summed E-state index contributed by atoms with van der Waals surface area (Å²) >= 11 is 0. The van der Waals surface area contributed by atoms with E-state index in [1.165, 1.54) is 74.5 Å². The minimum Gasteiger partial charge on any atom is -0.390 e. The molecule has 0 aliphatic heterocycles. The molecule has 0 aromatic rings. The Balaban J connectivity index is 0.000000690. The molecule has 3 aliphatic rings. The Morgan fingerprint density at radius 3 is 0.967 bits per heavy atom. The van der Waals surface area contributed by atoms with Crippen LogP contribution in [0.1, 0.15) is 293 Å². The van der Waals surface area contributed by atoms with Crippen LogP contribution in [0, 0.1) is 0 Å². The number of hydrogen-bond donors (Lipinski definition) is 3. The molecule has 9 nitrogen and oxygen atoms in total. The fourth-order valence-electron chi connectivity index (χ4n) is 10.8. The minimum atomic E-state index is -0.857. The summed E-state index contributed by atoms with van der Waals surface area (Å²) in [4.78, 5) is 72.4. The molecule has 3 N–H and O–H groups in total. The van der Waals surface area contributed by atoms with Gasteiger partial charge in [-0.3, -0.25) is 28.8 Å². The Bertz CT molecular complexity index is 3030. The summed E-state index contributed by atoms with van der Waals surface area (Å²) in [6.07, 6.45) is 46.2. The van der Waals surface area contributed by atoms with Gasteiger partial charge in [0.15, 0.2) is 34.7 Å². The van der Waals surface area contributed by atoms with E-state index in [0.29, 0.717) is 102 Å². The molecule has 0 aromatic carbocycles. The van der Waals surface area contributed by atoms with Gasteiger partial charge in [0.05, 0.1) is 16.8 Å². The number of rotatable bonds is 36. The van der Waals surface area contributed by atoms with E-state index < -0.39 is 16.8 Å². The van der Waals surface area contributed by atoms with E-state index in [4.69, 9.17) is 0 Å². The van der Waals surface area contributed by atoms with Gasteiger partial charge in [-0.15, -0.1) is 0 Å². The van der Waals surface area contributed by atoms with Gasteiger partial charge >= 0.3 is 0 Å². The number of carbonyl (C=O) groups excluding carboxylic acids is 6. The van der Waals surface area contributed by atoms with Crippen molar-refractivity contribution in [1.82, 2.24) is 0 Å². The topological polar surface area (TPSA) is 163 Å². The smallest absolute Gasteiger partial charge is 0.185 e. The van der Waals surface area contributed by atoms with Crippen LogP contribution in [0.3, 0.4) is 0 Å². The zero-order valence-corrected chi connectivity index (χ0v) is 61.3. The normalized spacial score (nSPS) is 17.6. The van der Waals surface area contributed by atoms with Crippen molar-refractivity contribution in [3.8, 4) is 0 Å². The van der Waals surface area contributed by atoms with Gasteiger partial charge in [0, 0.05) is 44.6 Å². The fraction of sp³-hybridized carbons (Fsp3) is 0.566. The molecule has 0 saturated heterocycles. The molecule has 0 amide bonds. The van der Waals surface area contributed by atoms with Crippen molar-refractivity contribution in [1.29, 1.82) is 0 Å². The van der Waals surface area contributed by atoms with Gasteiger partial charge in [0.25, 0.3) is 0 Å². The second-order valence-electron chi connectivity index (χ2n) is 28.5. The van der Waals surface area contributed by atoms with Crippen LogP contribution in [-0.2, 0) is 28.8 Å². The lowest BCUT2D eigenvalue weighted by molar-refractivity contribution is -0.116. The molecule has 0 radical (unpaired) electrons. The minimum absolute atomic E-state index is 0.0622. The van der Waals surface area contributed by atoms with Gasteiger partial charge in [-0.1, -0.05) is 105 Å². The van der Waals surface area contributed by atoms with Crippen molar-refractivity contribution in [3.63, 3.8) is 0 Å². The average Bonchev–Trinajstić information content (AvgIpc) is 1.01. The van der Waals surface area contributed by atoms with Gasteiger partial charge in [-0.2, -0.15) is 0 Å². The van der Waals surface area contributed by atoms with Crippen LogP contribution in [0.25, 0.3) is 0 Å². The van der Waals surface area contributed by atoms with E-state index in [-0.39, 0.29) is 34.7 Å². The number of allylic oxidation sites excluding steroid dienone is 30. The second-order valence-corrected chi connectivity index (χ2v) is 28.5. The third-order valence-corrected chi connectivity index (χ3v) is 17.7. The van der Waals surface area contributed by atoms with Crippen LogP contribution in [0.15, 0.2) is 174 Å². The summed E-state index contributed by atoms with van der Waals surface area (Å²) in [5.74, 6) is -0.523. The molecular weight excluding hydrogens is 1140 g/mol. The lowest BCUT2D eigenvalue weighted by atomic mass is 9.84. The summed E-state index contributed by atoms with van der Waals surface area (Å²) in [7, 11) is 0. The van der Waals surface area contributed by atoms with Crippen molar-refractivity contribution >= 4 is 34.7 Å². The Kier molecular flexibility index (Phi) is 39.3. The first-order chi connectivity index (χ1) is 42.8. The van der Waals surface area contributed by atoms with E-state index >= 15 is 0 Å². The van der Waals surface area contributed by atoms with E-state index in [9.17, 15) is 44.1 Å². The zero-order valence-electron chi connectivity index (χ0n) is 61.3. The van der Waals surface area contributed by atoms with Crippen LogP contribution in [0.2, 0.25) is 0 Å². The number of hydrogen-bond acceptors (Lipinski definition) is 9. The van der Waals surface area contributed by atoms with Crippen molar-refractivity contribution in [3.05, 3.63) is 174 Å². The number of aliphatic hydroxyl groups is 3. The van der Waals surface area contributed by atoms with Crippen LogP contribution in [0.5, 0.6) is 0 Å². The van der Waals surface area contributed by atoms with Crippen molar-refractivity contribution < 1.29 is 44.1 Å². The molecule has 3 unspecified atom stereocenters. The first-order valence-corrected chi connectivity index (χ1v) is 34.3. The van der Waals surface area contributed by atoms with Gasteiger partial charge in [0.1, 0.15) is 0 Å². The van der Waals surface area contributed by atoms with Crippen molar-refractivity contribution in [2.45, 2.75) is 309 Å². The quantitative estimate of drug-likeness (QED) is 0.0409. The Morgan fingerprint density at radius 1 is 0.326 bits per heavy atom. The maximum absolute atomic E-state index is 12.4. The fourth-order valence-corrected chi connectivity index (χ4v) is 10.8. The van der Waals surface area contributed by atoms with Crippen LogP contribution < -0.4 is 0 Å². The Hall–Kier alpha value is -6.00. The van der Waals surface area contributed by atoms with E-state index in [1.807, 2.05) is 20.8 Å². The summed E-state index contributed by atoms with van der Waals surface area (Å²) in [5.41, 5.74) is 14.1. The first kappa shape index (κ1) is 84.0. The molecule has 0 saturated carbocycles. The van der Waals surface area contributed by atoms with Gasteiger partial charge < -0.3 is 15.3 Å². The predicted octanol–water partition coefficient (Wildman–Crippen LogP) is 21.0. The molecule has 9 heteroatoms. The Morgan fingerprint density at radius 2 is 0.620 bits per heavy atom. The van der Waals surface area contributed by atoms with Gasteiger partial charge in [-0.25, -0.2) is 0 Å². The summed E-state index contributed by atoms with van der Waals surface area (Å²) < 4.78 is 0. The van der Waals surface area contributed by atoms with E-state index in [1.54, 1.807) is 34.6 Å². The van der Waals surface area contributed by atoms with Gasteiger partial charge in [-0.05, 0) is 317 Å². The number of Topliss-reactive ketones (excluding diaryl/α,β-unsaturated/α-hetero) is 3. The average molecular weight is 1270 g/mol. The highest BCUT2D eigenvalue weighted by atomic mass is 16.3. The number of ketones is 6. The third-order valence-electron chi connectivity index (χ3n) is 17.7. The second kappa shape index (κ2) is 43.1. The standard InChI is InChI=1S/2C28H42O3.C27H40O3/c1-20(2)11-8-12-21(3)13-9-14-22(4)15-10-17-28(7,31)18-16-25-19-26(29)23(5)24(6)27(25)30;1-20(2)11-8-12-21(3)13-9-14-22(4)15-10-17-28(7,31)18-16-25-24(6)26(29)19-23(5)27(25)30;1-20(2)10-7-11-21(3)12-8-13-22(4)14-9-16-27(6,30)17-15-24-19-25(28)18-23(5)26(24)29/h2*11,13,15,19,31H,8-10,12,14,16-18H2,1-7H3;10,12,14,18-19,30H,7-9,11,13,15-17H2,1-6H3/b2*21-13+,22-15+;21-12+,22-14+. The van der Waals surface area contributed by atoms with Crippen LogP contribution >= 0.6 is 0 Å². The highest BCUT2D eigenvalue weighted by Crippen LogP contribution is 2.31. The molecule has 0 heterocycles. The monoisotopic (exact) mass is 1260 g/mol. The predicted molar refractivity (Wildman–Crippen MR) is 388 cm³/mol. The number of carbonyl (C=O) groups is 6. The largest absolute Gasteiger partial charge is 0.390 e. The molecule has 3 aliphatic carbocycles. The SMILES string of the molecule is CC(C)=CCC/C(C)=C/CC/C(C)=C/CCC(C)(O)CCC1=C(C)C(=O)C=C(C)C1=O.CC(C)=CCC/C(C)=C/CC/C(C)=C/CCC(C)(O)CCC1=CC(=O)C(C)=C(C)C1=O.CC(C)=CCC/C(C)=C/CC/C(C)=C/CCC(C)(O)CCC1=CC(=O)C=C(C)C1=O. The summed E-state index contributed by atoms with van der Waals surface area (Å²) in [6, 6.07) is 0. The third kappa shape index (κ3) is 37.0.